The molecule has 0 radical (unpaired) electrons. The summed E-state index contributed by atoms with van der Waals surface area (Å²) in [6.45, 7) is 4.73. The number of nitrogens with zero attached hydrogens (tertiary/aromatic N) is 1. The highest BCUT2D eigenvalue weighted by Gasteiger charge is 2.49. The molecule has 8 heteroatoms. The number of carboxylic acid groups (broad SMARTS) is 2. The van der Waals surface area contributed by atoms with Crippen molar-refractivity contribution in [1.29, 1.82) is 0 Å². The van der Waals surface area contributed by atoms with E-state index in [1.807, 2.05) is 5.32 Å². The summed E-state index contributed by atoms with van der Waals surface area (Å²) in [6.07, 6.45) is -0.247. The zero-order valence-electron chi connectivity index (χ0n) is 12.5. The Balaban J connectivity index is 3.09. The number of hydrogen-bond donors (Lipinski definition) is 3. The van der Waals surface area contributed by atoms with Crippen molar-refractivity contribution >= 4 is 18.0 Å². The highest BCUT2D eigenvalue weighted by atomic mass is 16.6. The molecule has 0 saturated carbocycles. The molecule has 120 valence electrons. The van der Waals surface area contributed by atoms with Crippen LogP contribution in [0.5, 0.6) is 0 Å². The van der Waals surface area contributed by atoms with Crippen LogP contribution in [0.1, 0.15) is 26.5 Å². The van der Waals surface area contributed by atoms with Gasteiger partial charge in [-0.1, -0.05) is 6.07 Å². The summed E-state index contributed by atoms with van der Waals surface area (Å²) in [5, 5.41) is 20.6. The fourth-order valence-corrected chi connectivity index (χ4v) is 1.65. The summed E-state index contributed by atoms with van der Waals surface area (Å²) in [7, 11) is 0. The molecule has 1 aromatic heterocycles. The number of carbonyl (C=O) groups is 3. The number of rotatable bonds is 5. The molecule has 0 spiro atoms. The van der Waals surface area contributed by atoms with Crippen LogP contribution in [0.4, 0.5) is 4.79 Å². The van der Waals surface area contributed by atoms with Crippen LogP contribution in [0, 0.1) is 0 Å². The highest BCUT2D eigenvalue weighted by Crippen LogP contribution is 2.16. The Hall–Kier alpha value is -2.64. The average molecular weight is 310 g/mol. The largest absolute Gasteiger partial charge is 0.479 e. The molecular formula is C14H18N2O6. The maximum absolute atomic E-state index is 11.8. The van der Waals surface area contributed by atoms with E-state index in [0.717, 1.165) is 0 Å². The van der Waals surface area contributed by atoms with Gasteiger partial charge in [0.1, 0.15) is 5.60 Å². The first-order valence-electron chi connectivity index (χ1n) is 6.45. The molecule has 0 aliphatic heterocycles. The second kappa shape index (κ2) is 6.42. The van der Waals surface area contributed by atoms with Gasteiger partial charge in [-0.15, -0.1) is 0 Å². The molecule has 0 aliphatic rings. The van der Waals surface area contributed by atoms with Crippen molar-refractivity contribution < 1.29 is 29.3 Å². The minimum absolute atomic E-state index is 0.211. The lowest BCUT2D eigenvalue weighted by Crippen LogP contribution is -2.62. The minimum atomic E-state index is -2.56. The van der Waals surface area contributed by atoms with E-state index in [4.69, 9.17) is 4.74 Å². The Morgan fingerprint density at radius 1 is 1.18 bits per heavy atom. The number of carbonyl (C=O) groups excluding carboxylic acids is 1. The first-order chi connectivity index (χ1) is 10.1. The molecule has 0 unspecified atom stereocenters. The number of ether oxygens (including phenoxy) is 1. The second-order valence-electron chi connectivity index (χ2n) is 5.64. The number of pyridine rings is 1. The van der Waals surface area contributed by atoms with Gasteiger partial charge in [-0.2, -0.15) is 0 Å². The number of carboxylic acids is 2. The van der Waals surface area contributed by atoms with Gasteiger partial charge in [0, 0.05) is 18.3 Å². The predicted molar refractivity (Wildman–Crippen MR) is 75.3 cm³/mol. The first-order valence-corrected chi connectivity index (χ1v) is 6.45. The molecule has 1 aromatic rings. The molecule has 0 aliphatic carbocycles. The third kappa shape index (κ3) is 4.44. The Morgan fingerprint density at radius 2 is 1.77 bits per heavy atom. The van der Waals surface area contributed by atoms with Gasteiger partial charge in [0.2, 0.25) is 5.54 Å². The van der Waals surface area contributed by atoms with Crippen LogP contribution in [0.3, 0.4) is 0 Å². The van der Waals surface area contributed by atoms with Crippen LogP contribution in [-0.2, 0) is 20.7 Å². The molecule has 1 heterocycles. The monoisotopic (exact) mass is 310 g/mol. The standard InChI is InChI=1S/C14H18N2O6/c1-13(2,3)22-12(21)16-14(10(17)18,11(19)20)8-9-6-4-5-7-15-9/h4-7H,8H2,1-3H3,(H,16,21)(H,17,18)(H,19,20). The van der Waals surface area contributed by atoms with E-state index in [-0.39, 0.29) is 5.69 Å². The van der Waals surface area contributed by atoms with Crippen LogP contribution in [0.2, 0.25) is 0 Å². The van der Waals surface area contributed by atoms with Crippen molar-refractivity contribution in [2.45, 2.75) is 38.3 Å². The summed E-state index contributed by atoms with van der Waals surface area (Å²) in [6, 6.07) is 4.66. The fraction of sp³-hybridized carbons (Fsp3) is 0.429. The molecule has 0 atom stereocenters. The summed E-state index contributed by atoms with van der Waals surface area (Å²) in [5.41, 5.74) is -3.24. The Bertz CT molecular complexity index is 550. The third-order valence-corrected chi connectivity index (χ3v) is 2.62. The van der Waals surface area contributed by atoms with Gasteiger partial charge >= 0.3 is 18.0 Å². The Morgan fingerprint density at radius 3 is 2.18 bits per heavy atom. The van der Waals surface area contributed by atoms with Gasteiger partial charge in [-0.3, -0.25) is 10.3 Å². The lowest BCUT2D eigenvalue weighted by Gasteiger charge is -2.28. The summed E-state index contributed by atoms with van der Waals surface area (Å²) in [5.74, 6) is -3.42. The quantitative estimate of drug-likeness (QED) is 0.694. The predicted octanol–water partition coefficient (Wildman–Crippen LogP) is 1.06. The van der Waals surface area contributed by atoms with Crippen LogP contribution < -0.4 is 5.32 Å². The normalized spacial score (nSPS) is 11.6. The molecule has 0 saturated heterocycles. The SMILES string of the molecule is CC(C)(C)OC(=O)NC(Cc1ccccn1)(C(=O)O)C(=O)O. The molecular weight excluding hydrogens is 292 g/mol. The smallest absolute Gasteiger partial charge is 0.409 e. The summed E-state index contributed by atoms with van der Waals surface area (Å²) < 4.78 is 4.93. The maximum Gasteiger partial charge on any atom is 0.409 e. The zero-order chi connectivity index (χ0) is 17.0. The third-order valence-electron chi connectivity index (χ3n) is 2.62. The van der Waals surface area contributed by atoms with Crippen molar-refractivity contribution in [3.8, 4) is 0 Å². The number of aromatic nitrogens is 1. The van der Waals surface area contributed by atoms with E-state index in [1.54, 1.807) is 32.9 Å². The van der Waals surface area contributed by atoms with Crippen LogP contribution in [0.25, 0.3) is 0 Å². The van der Waals surface area contributed by atoms with E-state index in [2.05, 4.69) is 4.98 Å². The van der Waals surface area contributed by atoms with E-state index in [1.165, 1.54) is 12.3 Å². The lowest BCUT2D eigenvalue weighted by molar-refractivity contribution is -0.159. The average Bonchev–Trinajstić information content (AvgIpc) is 2.36. The topological polar surface area (TPSA) is 126 Å². The van der Waals surface area contributed by atoms with Crippen molar-refractivity contribution in [2.24, 2.45) is 0 Å². The van der Waals surface area contributed by atoms with Crippen molar-refractivity contribution in [3.05, 3.63) is 30.1 Å². The van der Waals surface area contributed by atoms with Crippen LogP contribution >= 0.6 is 0 Å². The van der Waals surface area contributed by atoms with Crippen molar-refractivity contribution in [2.75, 3.05) is 0 Å². The van der Waals surface area contributed by atoms with Gasteiger partial charge in [-0.25, -0.2) is 14.4 Å². The molecule has 0 aromatic carbocycles. The molecule has 8 nitrogen and oxygen atoms in total. The molecule has 0 fully saturated rings. The summed E-state index contributed by atoms with van der Waals surface area (Å²) in [4.78, 5) is 38.7. The van der Waals surface area contributed by atoms with Gasteiger partial charge in [0.15, 0.2) is 0 Å². The van der Waals surface area contributed by atoms with Crippen LogP contribution in [0.15, 0.2) is 24.4 Å². The number of nitrogens with one attached hydrogen (secondary N) is 1. The number of aliphatic carboxylic acids is 2. The second-order valence-corrected chi connectivity index (χ2v) is 5.64. The fourth-order valence-electron chi connectivity index (χ4n) is 1.65. The Labute approximate surface area is 127 Å². The number of hydrogen-bond acceptors (Lipinski definition) is 5. The van der Waals surface area contributed by atoms with E-state index in [0.29, 0.717) is 0 Å². The van der Waals surface area contributed by atoms with Gasteiger partial charge in [0.25, 0.3) is 0 Å². The Kier molecular flexibility index (Phi) is 5.08. The van der Waals surface area contributed by atoms with E-state index >= 15 is 0 Å². The molecule has 1 rings (SSSR count). The minimum Gasteiger partial charge on any atom is -0.479 e. The zero-order valence-corrected chi connectivity index (χ0v) is 12.5. The van der Waals surface area contributed by atoms with Crippen molar-refractivity contribution in [3.63, 3.8) is 0 Å². The highest BCUT2D eigenvalue weighted by molar-refractivity contribution is 6.06. The van der Waals surface area contributed by atoms with Crippen LogP contribution in [-0.4, -0.2) is 44.4 Å². The van der Waals surface area contributed by atoms with Crippen molar-refractivity contribution in [1.82, 2.24) is 10.3 Å². The maximum atomic E-state index is 11.8. The molecule has 0 bridgehead atoms. The summed E-state index contributed by atoms with van der Waals surface area (Å²) >= 11 is 0. The number of amides is 1. The van der Waals surface area contributed by atoms with Gasteiger partial charge < -0.3 is 14.9 Å². The van der Waals surface area contributed by atoms with E-state index < -0.39 is 35.6 Å². The lowest BCUT2D eigenvalue weighted by atomic mass is 9.93. The van der Waals surface area contributed by atoms with Gasteiger partial charge in [-0.05, 0) is 32.9 Å². The molecule has 3 N–H and O–H groups in total. The first kappa shape index (κ1) is 17.4. The number of alkyl carbamates (subject to hydrolysis) is 1. The molecule has 22 heavy (non-hydrogen) atoms. The van der Waals surface area contributed by atoms with E-state index in [9.17, 15) is 24.6 Å². The van der Waals surface area contributed by atoms with Gasteiger partial charge in [0.05, 0.1) is 0 Å². The molecule has 1 amide bonds.